The summed E-state index contributed by atoms with van der Waals surface area (Å²) in [5, 5.41) is 21.5. The van der Waals surface area contributed by atoms with Gasteiger partial charge in [0.15, 0.2) is 0 Å². The molecule has 0 aliphatic carbocycles. The average Bonchev–Trinajstić information content (AvgIpc) is 2.70. The summed E-state index contributed by atoms with van der Waals surface area (Å²) in [5.41, 5.74) is 0. The lowest BCUT2D eigenvalue weighted by atomic mass is 10.2. The second kappa shape index (κ2) is 7.97. The molecule has 3 atom stereocenters. The number of rotatable bonds is 8. The van der Waals surface area contributed by atoms with E-state index in [-0.39, 0.29) is 12.2 Å². The van der Waals surface area contributed by atoms with Gasteiger partial charge in [0.2, 0.25) is 0 Å². The van der Waals surface area contributed by atoms with E-state index in [1.807, 2.05) is 0 Å². The van der Waals surface area contributed by atoms with Crippen molar-refractivity contribution in [3.63, 3.8) is 0 Å². The van der Waals surface area contributed by atoms with Crippen LogP contribution in [0, 0.1) is 0 Å². The summed E-state index contributed by atoms with van der Waals surface area (Å²) in [4.78, 5) is 0. The standard InChI is InChI=1S/C11H23NO4/c1-9(13)5-12-6-10(14)7-15-8-11-3-2-4-16-11/h9-14H,2-8H2,1H3. The van der Waals surface area contributed by atoms with Crippen molar-refractivity contribution < 1.29 is 19.7 Å². The summed E-state index contributed by atoms with van der Waals surface area (Å²) >= 11 is 0. The van der Waals surface area contributed by atoms with E-state index in [9.17, 15) is 5.11 Å². The van der Waals surface area contributed by atoms with Gasteiger partial charge in [0.1, 0.15) is 0 Å². The van der Waals surface area contributed by atoms with Gasteiger partial charge >= 0.3 is 0 Å². The topological polar surface area (TPSA) is 71.0 Å². The molecule has 0 spiro atoms. The van der Waals surface area contributed by atoms with Crippen molar-refractivity contribution >= 4 is 0 Å². The van der Waals surface area contributed by atoms with Crippen LogP contribution in [-0.4, -0.2) is 61.4 Å². The van der Waals surface area contributed by atoms with Crippen LogP contribution in [0.4, 0.5) is 0 Å². The summed E-state index contributed by atoms with van der Waals surface area (Å²) in [5.74, 6) is 0. The molecule has 16 heavy (non-hydrogen) atoms. The lowest BCUT2D eigenvalue weighted by molar-refractivity contribution is -0.0168. The maximum atomic E-state index is 9.53. The highest BCUT2D eigenvalue weighted by Gasteiger charge is 2.15. The predicted octanol–water partition coefficient (Wildman–Crippen LogP) is -0.487. The van der Waals surface area contributed by atoms with E-state index in [0.29, 0.717) is 26.3 Å². The fourth-order valence-electron chi connectivity index (χ4n) is 1.63. The maximum absolute atomic E-state index is 9.53. The van der Waals surface area contributed by atoms with Gasteiger partial charge in [-0.2, -0.15) is 0 Å². The van der Waals surface area contributed by atoms with Crippen molar-refractivity contribution in [3.8, 4) is 0 Å². The first-order chi connectivity index (χ1) is 7.68. The molecule has 0 bridgehead atoms. The molecule has 1 aliphatic heterocycles. The molecule has 96 valence electrons. The molecule has 1 saturated heterocycles. The molecule has 3 unspecified atom stereocenters. The van der Waals surface area contributed by atoms with Gasteiger partial charge < -0.3 is 25.0 Å². The molecule has 0 saturated carbocycles. The van der Waals surface area contributed by atoms with Gasteiger partial charge in [-0.25, -0.2) is 0 Å². The first kappa shape index (κ1) is 13.9. The van der Waals surface area contributed by atoms with Gasteiger partial charge in [-0.05, 0) is 19.8 Å². The highest BCUT2D eigenvalue weighted by molar-refractivity contribution is 4.65. The van der Waals surface area contributed by atoms with E-state index < -0.39 is 6.10 Å². The van der Waals surface area contributed by atoms with E-state index in [4.69, 9.17) is 14.6 Å². The molecule has 0 aromatic heterocycles. The van der Waals surface area contributed by atoms with Crippen LogP contribution in [0.2, 0.25) is 0 Å². The van der Waals surface area contributed by atoms with Crippen molar-refractivity contribution in [2.45, 2.75) is 38.1 Å². The van der Waals surface area contributed by atoms with Gasteiger partial charge in [-0.15, -0.1) is 0 Å². The van der Waals surface area contributed by atoms with Crippen molar-refractivity contribution in [1.82, 2.24) is 5.32 Å². The van der Waals surface area contributed by atoms with Crippen molar-refractivity contribution in [1.29, 1.82) is 0 Å². The Kier molecular flexibility index (Phi) is 6.91. The monoisotopic (exact) mass is 233 g/mol. The molecule has 0 amide bonds. The van der Waals surface area contributed by atoms with Crippen LogP contribution >= 0.6 is 0 Å². The fourth-order valence-corrected chi connectivity index (χ4v) is 1.63. The molecule has 1 rings (SSSR count). The zero-order valence-corrected chi connectivity index (χ0v) is 9.89. The highest BCUT2D eigenvalue weighted by atomic mass is 16.5. The molecule has 1 aliphatic rings. The smallest absolute Gasteiger partial charge is 0.0897 e. The van der Waals surface area contributed by atoms with Crippen LogP contribution in [0.1, 0.15) is 19.8 Å². The number of ether oxygens (including phenoxy) is 2. The Labute approximate surface area is 96.7 Å². The minimum absolute atomic E-state index is 0.206. The number of hydrogen-bond donors (Lipinski definition) is 3. The second-order valence-electron chi connectivity index (χ2n) is 4.33. The van der Waals surface area contributed by atoms with Crippen molar-refractivity contribution in [3.05, 3.63) is 0 Å². The van der Waals surface area contributed by atoms with E-state index in [2.05, 4.69) is 5.32 Å². The van der Waals surface area contributed by atoms with Crippen molar-refractivity contribution in [2.75, 3.05) is 32.9 Å². The molecule has 5 nitrogen and oxygen atoms in total. The summed E-state index contributed by atoms with van der Waals surface area (Å²) in [7, 11) is 0. The third-order valence-electron chi connectivity index (χ3n) is 2.46. The summed E-state index contributed by atoms with van der Waals surface area (Å²) in [6, 6.07) is 0. The Morgan fingerprint density at radius 3 is 2.88 bits per heavy atom. The molecule has 0 radical (unpaired) electrons. The van der Waals surface area contributed by atoms with Crippen LogP contribution in [0.5, 0.6) is 0 Å². The van der Waals surface area contributed by atoms with E-state index in [1.165, 1.54) is 0 Å². The van der Waals surface area contributed by atoms with Gasteiger partial charge in [0.25, 0.3) is 0 Å². The normalized spacial score (nSPS) is 24.6. The third kappa shape index (κ3) is 6.40. The number of aliphatic hydroxyl groups excluding tert-OH is 2. The first-order valence-corrected chi connectivity index (χ1v) is 5.94. The summed E-state index contributed by atoms with van der Waals surface area (Å²) in [6.07, 6.45) is 1.45. The fraction of sp³-hybridized carbons (Fsp3) is 1.00. The second-order valence-corrected chi connectivity index (χ2v) is 4.33. The Morgan fingerprint density at radius 1 is 1.44 bits per heavy atom. The van der Waals surface area contributed by atoms with Crippen LogP contribution < -0.4 is 5.32 Å². The molecule has 1 fully saturated rings. The lowest BCUT2D eigenvalue weighted by Crippen LogP contribution is -2.35. The molecular weight excluding hydrogens is 210 g/mol. The van der Waals surface area contributed by atoms with E-state index in [1.54, 1.807) is 6.92 Å². The molecule has 5 heteroatoms. The first-order valence-electron chi connectivity index (χ1n) is 5.94. The minimum atomic E-state index is -0.528. The zero-order valence-electron chi connectivity index (χ0n) is 9.89. The van der Waals surface area contributed by atoms with Crippen molar-refractivity contribution in [2.24, 2.45) is 0 Å². The Hall–Kier alpha value is -0.200. The highest BCUT2D eigenvalue weighted by Crippen LogP contribution is 2.11. The van der Waals surface area contributed by atoms with E-state index >= 15 is 0 Å². The Balaban J connectivity index is 1.91. The third-order valence-corrected chi connectivity index (χ3v) is 2.46. The van der Waals surface area contributed by atoms with Gasteiger partial charge in [-0.3, -0.25) is 0 Å². The maximum Gasteiger partial charge on any atom is 0.0897 e. The van der Waals surface area contributed by atoms with Crippen LogP contribution in [0.3, 0.4) is 0 Å². The Bertz CT molecular complexity index is 171. The van der Waals surface area contributed by atoms with Gasteiger partial charge in [0, 0.05) is 19.7 Å². The quantitative estimate of drug-likeness (QED) is 0.528. The molecule has 1 heterocycles. The van der Waals surface area contributed by atoms with Crippen LogP contribution in [0.15, 0.2) is 0 Å². The lowest BCUT2D eigenvalue weighted by Gasteiger charge is -2.15. The van der Waals surface area contributed by atoms with Gasteiger partial charge in [0.05, 0.1) is 31.5 Å². The minimum Gasteiger partial charge on any atom is -0.392 e. The Morgan fingerprint density at radius 2 is 2.25 bits per heavy atom. The van der Waals surface area contributed by atoms with Crippen LogP contribution in [0.25, 0.3) is 0 Å². The van der Waals surface area contributed by atoms with Crippen LogP contribution in [-0.2, 0) is 9.47 Å². The number of aliphatic hydroxyl groups is 2. The average molecular weight is 233 g/mol. The van der Waals surface area contributed by atoms with Gasteiger partial charge in [-0.1, -0.05) is 0 Å². The molecule has 3 N–H and O–H groups in total. The molecule has 0 aromatic carbocycles. The SMILES string of the molecule is CC(O)CNCC(O)COCC1CCCO1. The zero-order chi connectivity index (χ0) is 11.8. The summed E-state index contributed by atoms with van der Waals surface area (Å²) < 4.78 is 10.8. The number of hydrogen-bond acceptors (Lipinski definition) is 5. The molecular formula is C11H23NO4. The summed E-state index contributed by atoms with van der Waals surface area (Å²) in [6.45, 7) is 4.33. The largest absolute Gasteiger partial charge is 0.392 e. The number of nitrogens with one attached hydrogen (secondary N) is 1. The predicted molar refractivity (Wildman–Crippen MR) is 60.4 cm³/mol. The van der Waals surface area contributed by atoms with E-state index in [0.717, 1.165) is 19.4 Å². The molecule has 0 aromatic rings.